The van der Waals surface area contributed by atoms with Gasteiger partial charge in [0.15, 0.2) is 0 Å². The van der Waals surface area contributed by atoms with Crippen molar-refractivity contribution in [3.63, 3.8) is 0 Å². The predicted octanol–water partition coefficient (Wildman–Crippen LogP) is 4.37. The van der Waals surface area contributed by atoms with E-state index < -0.39 is 0 Å². The minimum atomic E-state index is 1.09. The summed E-state index contributed by atoms with van der Waals surface area (Å²) in [7, 11) is 0. The van der Waals surface area contributed by atoms with Crippen molar-refractivity contribution >= 4 is 6.08 Å². The van der Waals surface area contributed by atoms with Crippen LogP contribution >= 0.6 is 0 Å². The van der Waals surface area contributed by atoms with E-state index in [9.17, 15) is 0 Å². The summed E-state index contributed by atoms with van der Waals surface area (Å²) in [5, 5.41) is 0. The van der Waals surface area contributed by atoms with E-state index in [1.807, 2.05) is 13.1 Å². The summed E-state index contributed by atoms with van der Waals surface area (Å²) >= 11 is 0. The number of aryl methyl sites for hydroxylation is 1. The van der Waals surface area contributed by atoms with E-state index in [0.717, 1.165) is 5.69 Å². The van der Waals surface area contributed by atoms with E-state index in [2.05, 4.69) is 36.2 Å². The van der Waals surface area contributed by atoms with Crippen molar-refractivity contribution in [2.45, 2.75) is 46.0 Å². The third-order valence-electron chi connectivity index (χ3n) is 2.46. The largest absolute Gasteiger partial charge is 0.262 e. The van der Waals surface area contributed by atoms with Crippen LogP contribution in [-0.2, 0) is 0 Å². The molecule has 0 aliphatic carbocycles. The van der Waals surface area contributed by atoms with Gasteiger partial charge in [-0.1, -0.05) is 38.3 Å². The maximum atomic E-state index is 4.17. The molecule has 82 valence electrons. The van der Waals surface area contributed by atoms with Gasteiger partial charge in [-0.15, -0.1) is 0 Å². The van der Waals surface area contributed by atoms with Crippen molar-refractivity contribution in [1.29, 1.82) is 0 Å². The van der Waals surface area contributed by atoms with Gasteiger partial charge >= 0.3 is 0 Å². The van der Waals surface area contributed by atoms with Gasteiger partial charge in [0.25, 0.3) is 0 Å². The average Bonchev–Trinajstić information content (AvgIpc) is 2.23. The molecule has 0 saturated heterocycles. The summed E-state index contributed by atoms with van der Waals surface area (Å²) in [5.41, 5.74) is 2.35. The molecule has 1 aromatic heterocycles. The quantitative estimate of drug-likeness (QED) is 0.625. The van der Waals surface area contributed by atoms with Crippen LogP contribution in [0.3, 0.4) is 0 Å². The highest BCUT2D eigenvalue weighted by molar-refractivity contribution is 5.48. The van der Waals surface area contributed by atoms with Crippen molar-refractivity contribution in [1.82, 2.24) is 4.98 Å². The summed E-state index contributed by atoms with van der Waals surface area (Å²) in [6.07, 6.45) is 12.9. The number of hydrogen-bond donors (Lipinski definition) is 0. The molecule has 0 saturated carbocycles. The minimum absolute atomic E-state index is 1.09. The molecular formula is C14H21N. The van der Waals surface area contributed by atoms with Crippen molar-refractivity contribution in [2.24, 2.45) is 0 Å². The van der Waals surface area contributed by atoms with E-state index in [4.69, 9.17) is 0 Å². The minimum Gasteiger partial charge on any atom is -0.262 e. The van der Waals surface area contributed by atoms with Crippen LogP contribution in [0.25, 0.3) is 6.08 Å². The Bertz CT molecular complexity index is 302. The first-order chi connectivity index (χ1) is 7.33. The van der Waals surface area contributed by atoms with E-state index in [-0.39, 0.29) is 0 Å². The molecule has 15 heavy (non-hydrogen) atoms. The molecule has 0 unspecified atom stereocenters. The SMILES string of the molecule is CCCCCCC=Cc1ccnc(C)c1. The average molecular weight is 203 g/mol. The fraction of sp³-hybridized carbons (Fsp3) is 0.500. The van der Waals surface area contributed by atoms with Gasteiger partial charge < -0.3 is 0 Å². The summed E-state index contributed by atoms with van der Waals surface area (Å²) in [6, 6.07) is 4.16. The van der Waals surface area contributed by atoms with Crippen LogP contribution in [0.15, 0.2) is 24.4 Å². The lowest BCUT2D eigenvalue weighted by Crippen LogP contribution is -1.80. The van der Waals surface area contributed by atoms with Gasteiger partial charge in [-0.25, -0.2) is 0 Å². The second-order valence-electron chi connectivity index (χ2n) is 3.98. The molecule has 1 heteroatoms. The van der Waals surface area contributed by atoms with Crippen LogP contribution in [-0.4, -0.2) is 4.98 Å². The summed E-state index contributed by atoms with van der Waals surface area (Å²) in [4.78, 5) is 4.17. The molecule has 0 aliphatic heterocycles. The van der Waals surface area contributed by atoms with Gasteiger partial charge in [0.2, 0.25) is 0 Å². The molecule has 0 atom stereocenters. The van der Waals surface area contributed by atoms with Crippen molar-refractivity contribution in [2.75, 3.05) is 0 Å². The lowest BCUT2D eigenvalue weighted by molar-refractivity contribution is 0.675. The second kappa shape index (κ2) is 7.22. The van der Waals surface area contributed by atoms with Crippen molar-refractivity contribution in [3.05, 3.63) is 35.7 Å². The third kappa shape index (κ3) is 5.36. The first kappa shape index (κ1) is 12.0. The zero-order chi connectivity index (χ0) is 10.9. The molecule has 1 aromatic rings. The smallest absolute Gasteiger partial charge is 0.0378 e. The van der Waals surface area contributed by atoms with Crippen LogP contribution in [0.4, 0.5) is 0 Å². The molecular weight excluding hydrogens is 182 g/mol. The lowest BCUT2D eigenvalue weighted by atomic mass is 10.1. The van der Waals surface area contributed by atoms with Gasteiger partial charge in [0.05, 0.1) is 0 Å². The summed E-state index contributed by atoms with van der Waals surface area (Å²) in [6.45, 7) is 4.27. The standard InChI is InChI=1S/C14H21N/c1-3-4-5-6-7-8-9-14-10-11-15-13(2)12-14/h8-12H,3-7H2,1-2H3. The molecule has 1 nitrogen and oxygen atoms in total. The number of unbranched alkanes of at least 4 members (excludes halogenated alkanes) is 4. The Morgan fingerprint density at radius 1 is 1.27 bits per heavy atom. The van der Waals surface area contributed by atoms with Crippen LogP contribution in [0, 0.1) is 6.92 Å². The second-order valence-corrected chi connectivity index (χ2v) is 3.98. The molecule has 1 rings (SSSR count). The Morgan fingerprint density at radius 2 is 2.13 bits per heavy atom. The molecule has 0 radical (unpaired) electrons. The van der Waals surface area contributed by atoms with Gasteiger partial charge in [-0.2, -0.15) is 0 Å². The van der Waals surface area contributed by atoms with Crippen LogP contribution in [0.2, 0.25) is 0 Å². The Labute approximate surface area is 93.2 Å². The lowest BCUT2D eigenvalue weighted by Gasteiger charge is -1.96. The van der Waals surface area contributed by atoms with Crippen molar-refractivity contribution in [3.8, 4) is 0 Å². The highest BCUT2D eigenvalue weighted by Crippen LogP contribution is 2.07. The first-order valence-corrected chi connectivity index (χ1v) is 5.92. The predicted molar refractivity (Wildman–Crippen MR) is 66.8 cm³/mol. The van der Waals surface area contributed by atoms with Gasteiger partial charge in [-0.3, -0.25) is 4.98 Å². The van der Waals surface area contributed by atoms with E-state index in [0.29, 0.717) is 0 Å². The Morgan fingerprint density at radius 3 is 2.87 bits per heavy atom. The normalized spacial score (nSPS) is 11.1. The van der Waals surface area contributed by atoms with Gasteiger partial charge in [0, 0.05) is 11.9 Å². The monoisotopic (exact) mass is 203 g/mol. The van der Waals surface area contributed by atoms with Crippen molar-refractivity contribution < 1.29 is 0 Å². The highest BCUT2D eigenvalue weighted by atomic mass is 14.6. The highest BCUT2D eigenvalue weighted by Gasteiger charge is 1.88. The number of allylic oxidation sites excluding steroid dienone is 1. The molecule has 0 bridgehead atoms. The zero-order valence-electron chi connectivity index (χ0n) is 9.87. The Hall–Kier alpha value is -1.11. The maximum Gasteiger partial charge on any atom is 0.0378 e. The zero-order valence-corrected chi connectivity index (χ0v) is 9.87. The Balaban J connectivity index is 2.26. The molecule has 1 heterocycles. The topological polar surface area (TPSA) is 12.9 Å². The molecule has 0 N–H and O–H groups in total. The number of hydrogen-bond acceptors (Lipinski definition) is 1. The molecule has 0 spiro atoms. The van der Waals surface area contributed by atoms with Gasteiger partial charge in [0.1, 0.15) is 0 Å². The number of rotatable bonds is 6. The van der Waals surface area contributed by atoms with E-state index in [1.54, 1.807) is 0 Å². The first-order valence-electron chi connectivity index (χ1n) is 5.92. The van der Waals surface area contributed by atoms with Crippen LogP contribution in [0.1, 0.15) is 50.3 Å². The molecule has 0 fully saturated rings. The molecule has 0 amide bonds. The summed E-state index contributed by atoms with van der Waals surface area (Å²) < 4.78 is 0. The van der Waals surface area contributed by atoms with E-state index >= 15 is 0 Å². The molecule has 0 aliphatic rings. The fourth-order valence-electron chi connectivity index (χ4n) is 1.58. The van der Waals surface area contributed by atoms with E-state index in [1.165, 1.54) is 37.7 Å². The Kier molecular flexibility index (Phi) is 5.76. The van der Waals surface area contributed by atoms with Crippen LogP contribution < -0.4 is 0 Å². The number of aromatic nitrogens is 1. The number of nitrogens with zero attached hydrogens (tertiary/aromatic N) is 1. The fourth-order valence-corrected chi connectivity index (χ4v) is 1.58. The third-order valence-corrected chi connectivity index (χ3v) is 2.46. The maximum absolute atomic E-state index is 4.17. The number of pyridine rings is 1. The summed E-state index contributed by atoms with van der Waals surface area (Å²) in [5.74, 6) is 0. The van der Waals surface area contributed by atoms with Gasteiger partial charge in [-0.05, 0) is 37.5 Å². The molecule has 0 aromatic carbocycles. The van der Waals surface area contributed by atoms with Crippen LogP contribution in [0.5, 0.6) is 0 Å².